The smallest absolute Gasteiger partial charge is 0.291 e. The number of aromatic nitrogens is 1. The van der Waals surface area contributed by atoms with Crippen LogP contribution in [0, 0.1) is 6.92 Å². The van der Waals surface area contributed by atoms with Gasteiger partial charge in [-0.15, -0.1) is 0 Å². The maximum Gasteiger partial charge on any atom is 0.291 e. The van der Waals surface area contributed by atoms with E-state index in [2.05, 4.69) is 28.2 Å². The average molecular weight is 256 g/mol. The third kappa shape index (κ3) is 4.81. The first-order valence-corrected chi connectivity index (χ1v) is 5.81. The molecule has 0 fully saturated rings. The van der Waals surface area contributed by atoms with Crippen LogP contribution in [0.3, 0.4) is 0 Å². The van der Waals surface area contributed by atoms with Crippen LogP contribution in [0.25, 0.3) is 0 Å². The van der Waals surface area contributed by atoms with Crippen LogP contribution < -0.4 is 16.2 Å². The normalized spacial score (nSPS) is 9.76. The lowest BCUT2D eigenvalue weighted by Gasteiger charge is -2.09. The van der Waals surface area contributed by atoms with E-state index < -0.39 is 0 Å². The second-order valence-electron chi connectivity index (χ2n) is 3.51. The Balaban J connectivity index is 2.26. The van der Waals surface area contributed by atoms with Gasteiger partial charge < -0.3 is 9.84 Å². The van der Waals surface area contributed by atoms with Gasteiger partial charge in [-0.3, -0.25) is 15.6 Å². The number of carbonyl (C=O) groups is 1. The van der Waals surface area contributed by atoms with Gasteiger partial charge in [0.25, 0.3) is 5.91 Å². The number of rotatable bonds is 4. The van der Waals surface area contributed by atoms with Crippen LogP contribution in [0.2, 0.25) is 0 Å². The summed E-state index contributed by atoms with van der Waals surface area (Å²) in [6.07, 6.45) is 2.11. The summed E-state index contributed by atoms with van der Waals surface area (Å²) in [4.78, 5) is 11.5. The van der Waals surface area contributed by atoms with Crippen molar-refractivity contribution in [2.75, 3.05) is 6.54 Å². The number of amides is 1. The third-order valence-electron chi connectivity index (χ3n) is 1.97. The highest BCUT2D eigenvalue weighted by Gasteiger charge is 2.10. The van der Waals surface area contributed by atoms with Crippen molar-refractivity contribution in [3.63, 3.8) is 0 Å². The van der Waals surface area contributed by atoms with E-state index in [1.54, 1.807) is 13.0 Å². The number of hydrazine groups is 1. The largest absolute Gasteiger partial charge is 0.361 e. The Labute approximate surface area is 105 Å². The fraction of sp³-hybridized carbons (Fsp3) is 0.500. The first kappa shape index (κ1) is 13.4. The summed E-state index contributed by atoms with van der Waals surface area (Å²) >= 11 is 4.96. The number of thiocarbonyl (C=S) groups is 1. The van der Waals surface area contributed by atoms with Gasteiger partial charge in [0.15, 0.2) is 10.8 Å². The lowest BCUT2D eigenvalue weighted by Crippen LogP contribution is -2.47. The molecule has 17 heavy (non-hydrogen) atoms. The van der Waals surface area contributed by atoms with E-state index in [1.165, 1.54) is 0 Å². The monoisotopic (exact) mass is 256 g/mol. The Hall–Kier alpha value is -1.63. The first-order chi connectivity index (χ1) is 8.13. The van der Waals surface area contributed by atoms with E-state index in [4.69, 9.17) is 16.7 Å². The summed E-state index contributed by atoms with van der Waals surface area (Å²) in [7, 11) is 0. The molecule has 0 unspecified atom stereocenters. The Morgan fingerprint density at radius 1 is 1.53 bits per heavy atom. The van der Waals surface area contributed by atoms with Crippen molar-refractivity contribution in [2.45, 2.75) is 26.7 Å². The van der Waals surface area contributed by atoms with Crippen molar-refractivity contribution in [1.82, 2.24) is 21.3 Å². The number of nitrogens with one attached hydrogen (secondary N) is 3. The van der Waals surface area contributed by atoms with Crippen LogP contribution in [0.15, 0.2) is 10.6 Å². The van der Waals surface area contributed by atoms with Gasteiger partial charge in [0.05, 0.1) is 0 Å². The predicted molar refractivity (Wildman–Crippen MR) is 67.4 cm³/mol. The number of hydrogen-bond acceptors (Lipinski definition) is 4. The van der Waals surface area contributed by atoms with Crippen LogP contribution in [0.1, 0.15) is 36.0 Å². The summed E-state index contributed by atoms with van der Waals surface area (Å²) in [5, 5.41) is 6.92. The molecule has 0 radical (unpaired) electrons. The van der Waals surface area contributed by atoms with E-state index in [0.717, 1.165) is 19.4 Å². The highest BCUT2D eigenvalue weighted by Crippen LogP contribution is 2.00. The van der Waals surface area contributed by atoms with E-state index in [1.807, 2.05) is 0 Å². The zero-order valence-electron chi connectivity index (χ0n) is 9.87. The maximum atomic E-state index is 11.5. The molecule has 0 aliphatic carbocycles. The van der Waals surface area contributed by atoms with Crippen molar-refractivity contribution in [2.24, 2.45) is 0 Å². The van der Waals surface area contributed by atoms with Crippen LogP contribution in [0.5, 0.6) is 0 Å². The Morgan fingerprint density at radius 3 is 2.88 bits per heavy atom. The minimum Gasteiger partial charge on any atom is -0.361 e. The molecule has 1 amide bonds. The summed E-state index contributed by atoms with van der Waals surface area (Å²) in [5.41, 5.74) is 5.23. The third-order valence-corrected chi connectivity index (χ3v) is 2.21. The molecule has 0 atom stereocenters. The van der Waals surface area contributed by atoms with Gasteiger partial charge in [-0.2, -0.15) is 0 Å². The van der Waals surface area contributed by atoms with Gasteiger partial charge in [0.2, 0.25) is 0 Å². The second-order valence-corrected chi connectivity index (χ2v) is 3.92. The van der Waals surface area contributed by atoms with Crippen LogP contribution >= 0.6 is 12.2 Å². The fourth-order valence-corrected chi connectivity index (χ4v) is 1.23. The van der Waals surface area contributed by atoms with Crippen LogP contribution in [-0.2, 0) is 0 Å². The van der Waals surface area contributed by atoms with Crippen molar-refractivity contribution in [3.8, 4) is 0 Å². The second kappa shape index (κ2) is 6.85. The number of unbranched alkanes of at least 4 members (excludes halogenated alkanes) is 1. The first-order valence-electron chi connectivity index (χ1n) is 5.41. The molecule has 0 spiro atoms. The minimum atomic E-state index is -0.388. The lowest BCUT2D eigenvalue weighted by atomic mass is 10.3. The molecule has 0 saturated heterocycles. The van der Waals surface area contributed by atoms with Crippen molar-refractivity contribution in [3.05, 3.63) is 17.5 Å². The van der Waals surface area contributed by atoms with Crippen molar-refractivity contribution < 1.29 is 9.32 Å². The summed E-state index contributed by atoms with van der Waals surface area (Å²) in [5.74, 6) is 0.195. The van der Waals surface area contributed by atoms with Crippen molar-refractivity contribution >= 4 is 23.2 Å². The molecule has 3 N–H and O–H groups in total. The Bertz CT molecular complexity index is 391. The van der Waals surface area contributed by atoms with Gasteiger partial charge in [-0.05, 0) is 25.6 Å². The summed E-state index contributed by atoms with van der Waals surface area (Å²) < 4.78 is 4.78. The molecule has 0 saturated carbocycles. The predicted octanol–water partition coefficient (Wildman–Crippen LogP) is 0.892. The number of carbonyl (C=O) groups excluding carboxylic acids is 1. The number of hydrogen-bond donors (Lipinski definition) is 3. The fourth-order valence-electron chi connectivity index (χ4n) is 1.07. The molecule has 6 nitrogen and oxygen atoms in total. The topological polar surface area (TPSA) is 79.2 Å². The van der Waals surface area contributed by atoms with E-state index in [9.17, 15) is 4.79 Å². The maximum absolute atomic E-state index is 11.5. The number of aryl methyl sites for hydroxylation is 1. The minimum absolute atomic E-state index is 0.214. The van der Waals surface area contributed by atoms with Crippen molar-refractivity contribution in [1.29, 1.82) is 0 Å². The summed E-state index contributed by atoms with van der Waals surface area (Å²) in [6, 6.07) is 1.55. The van der Waals surface area contributed by atoms with Gasteiger partial charge in [-0.25, -0.2) is 0 Å². The number of nitrogens with zero attached hydrogens (tertiary/aromatic N) is 1. The molecule has 1 aromatic rings. The van der Waals surface area contributed by atoms with E-state index >= 15 is 0 Å². The van der Waals surface area contributed by atoms with E-state index in [-0.39, 0.29) is 11.6 Å². The van der Waals surface area contributed by atoms with Gasteiger partial charge >= 0.3 is 0 Å². The lowest BCUT2D eigenvalue weighted by molar-refractivity contribution is 0.0934. The van der Waals surface area contributed by atoms with Gasteiger partial charge in [-0.1, -0.05) is 18.5 Å². The van der Waals surface area contributed by atoms with Crippen LogP contribution in [0.4, 0.5) is 0 Å². The Kier molecular flexibility index (Phi) is 5.41. The molecule has 7 heteroatoms. The molecule has 0 bridgehead atoms. The zero-order valence-corrected chi connectivity index (χ0v) is 10.7. The van der Waals surface area contributed by atoms with Gasteiger partial charge in [0.1, 0.15) is 5.76 Å². The average Bonchev–Trinajstić information content (AvgIpc) is 2.73. The highest BCUT2D eigenvalue weighted by molar-refractivity contribution is 7.80. The molecule has 0 aliphatic heterocycles. The molecule has 1 aromatic heterocycles. The van der Waals surface area contributed by atoms with Crippen LogP contribution in [-0.4, -0.2) is 22.7 Å². The molecule has 94 valence electrons. The Morgan fingerprint density at radius 2 is 2.29 bits per heavy atom. The van der Waals surface area contributed by atoms with Gasteiger partial charge in [0, 0.05) is 12.6 Å². The molecule has 0 aliphatic rings. The SMILES string of the molecule is CCCCNC(=S)NNC(=O)c1cc(C)on1. The molecule has 0 aromatic carbocycles. The molecule has 1 heterocycles. The zero-order chi connectivity index (χ0) is 12.7. The highest BCUT2D eigenvalue weighted by atomic mass is 32.1. The molecular formula is C10H16N4O2S. The molecule has 1 rings (SSSR count). The standard InChI is InChI=1S/C10H16N4O2S/c1-3-4-5-11-10(17)13-12-9(15)8-6-7(2)16-14-8/h6H,3-5H2,1-2H3,(H,12,15)(H2,11,13,17). The summed E-state index contributed by atoms with van der Waals surface area (Å²) in [6.45, 7) is 4.59. The molecular weight excluding hydrogens is 240 g/mol. The quantitative estimate of drug-likeness (QED) is 0.422. The van der Waals surface area contributed by atoms with E-state index in [0.29, 0.717) is 10.9 Å².